The first-order chi connectivity index (χ1) is 10.1. The largest absolute Gasteiger partial charge is 0.310 e. The van der Waals surface area contributed by atoms with Crippen LogP contribution in [-0.2, 0) is 0 Å². The minimum Gasteiger partial charge on any atom is -0.310 e. The Balaban J connectivity index is 1.90. The van der Waals surface area contributed by atoms with Crippen molar-refractivity contribution in [3.63, 3.8) is 0 Å². The molecule has 0 radical (unpaired) electrons. The van der Waals surface area contributed by atoms with E-state index in [0.717, 1.165) is 24.7 Å². The molecule has 110 valence electrons. The molecule has 0 aliphatic heterocycles. The third-order valence-corrected chi connectivity index (χ3v) is 5.26. The maximum absolute atomic E-state index is 14.1. The van der Waals surface area contributed by atoms with Gasteiger partial charge in [0, 0.05) is 5.92 Å². The van der Waals surface area contributed by atoms with Gasteiger partial charge >= 0.3 is 0 Å². The van der Waals surface area contributed by atoms with Gasteiger partial charge in [-0.25, -0.2) is 14.4 Å². The summed E-state index contributed by atoms with van der Waals surface area (Å²) in [6.45, 7) is 0. The number of H-pyrrole nitrogens is 1. The fourth-order valence-electron chi connectivity index (χ4n) is 4.15. The summed E-state index contributed by atoms with van der Waals surface area (Å²) < 4.78 is 14.1. The summed E-state index contributed by atoms with van der Waals surface area (Å²) >= 11 is 5.70. The molecule has 2 aliphatic carbocycles. The number of halogens is 2. The van der Waals surface area contributed by atoms with E-state index in [0.29, 0.717) is 5.69 Å². The number of hydrogen-bond donors (Lipinski definition) is 1. The molecule has 2 aromatic rings. The van der Waals surface area contributed by atoms with Crippen LogP contribution in [0.15, 0.2) is 11.1 Å². The highest BCUT2D eigenvalue weighted by molar-refractivity contribution is 6.30. The average Bonchev–Trinajstić information content (AvgIpc) is 2.82. The third-order valence-electron chi connectivity index (χ3n) is 5.00. The van der Waals surface area contributed by atoms with Crippen LogP contribution in [0.3, 0.4) is 0 Å². The first kappa shape index (κ1) is 13.2. The van der Waals surface area contributed by atoms with Crippen molar-refractivity contribution in [3.05, 3.63) is 33.3 Å². The van der Waals surface area contributed by atoms with Crippen molar-refractivity contribution in [3.8, 4) is 0 Å². The van der Waals surface area contributed by atoms with E-state index in [1.165, 1.54) is 25.6 Å². The molecule has 4 rings (SSSR count). The summed E-state index contributed by atoms with van der Waals surface area (Å²) in [7, 11) is 0. The predicted octanol–water partition coefficient (Wildman–Crippen LogP) is 3.40. The van der Waals surface area contributed by atoms with E-state index in [2.05, 4.69) is 15.0 Å². The molecule has 0 aromatic carbocycles. The number of aromatic nitrogens is 3. The fourth-order valence-corrected chi connectivity index (χ4v) is 4.33. The maximum atomic E-state index is 14.1. The van der Waals surface area contributed by atoms with Crippen molar-refractivity contribution in [1.82, 2.24) is 15.0 Å². The Hall–Kier alpha value is -1.49. The average molecular weight is 308 g/mol. The zero-order valence-electron chi connectivity index (χ0n) is 11.4. The van der Waals surface area contributed by atoms with E-state index >= 15 is 0 Å². The summed E-state index contributed by atoms with van der Waals surface area (Å²) in [6, 6.07) is 0. The van der Waals surface area contributed by atoms with Crippen LogP contribution in [0.4, 0.5) is 4.39 Å². The molecular weight excluding hydrogens is 293 g/mol. The Morgan fingerprint density at radius 3 is 2.62 bits per heavy atom. The summed E-state index contributed by atoms with van der Waals surface area (Å²) in [5, 5.41) is -0.0217. The van der Waals surface area contributed by atoms with Crippen molar-refractivity contribution >= 4 is 22.5 Å². The van der Waals surface area contributed by atoms with Gasteiger partial charge in [-0.05, 0) is 31.1 Å². The quantitative estimate of drug-likeness (QED) is 0.821. The van der Waals surface area contributed by atoms with Gasteiger partial charge in [0.05, 0.1) is 11.1 Å². The summed E-state index contributed by atoms with van der Waals surface area (Å²) in [4.78, 5) is 22.8. The van der Waals surface area contributed by atoms with Gasteiger partial charge in [0.1, 0.15) is 17.0 Å². The molecule has 0 amide bonds. The van der Waals surface area contributed by atoms with Gasteiger partial charge in [0.2, 0.25) is 0 Å². The van der Waals surface area contributed by atoms with E-state index in [4.69, 9.17) is 11.6 Å². The number of aromatic amines is 1. The van der Waals surface area contributed by atoms with Crippen LogP contribution in [-0.4, -0.2) is 15.0 Å². The molecule has 2 bridgehead atoms. The minimum atomic E-state index is -0.673. The van der Waals surface area contributed by atoms with E-state index < -0.39 is 11.4 Å². The molecular formula is C15H15ClFN3O. The highest BCUT2D eigenvalue weighted by Crippen LogP contribution is 2.48. The number of hydrogen-bond acceptors (Lipinski definition) is 3. The molecule has 2 aromatic heterocycles. The molecule has 6 heteroatoms. The van der Waals surface area contributed by atoms with E-state index in [-0.39, 0.29) is 22.0 Å². The van der Waals surface area contributed by atoms with Gasteiger partial charge in [-0.1, -0.05) is 24.4 Å². The zero-order chi connectivity index (χ0) is 14.6. The van der Waals surface area contributed by atoms with Crippen LogP contribution < -0.4 is 5.56 Å². The number of rotatable bonds is 1. The van der Waals surface area contributed by atoms with Gasteiger partial charge in [0.15, 0.2) is 5.82 Å². The Morgan fingerprint density at radius 1 is 1.19 bits per heavy atom. The van der Waals surface area contributed by atoms with Gasteiger partial charge < -0.3 is 4.98 Å². The van der Waals surface area contributed by atoms with Crippen LogP contribution >= 0.6 is 11.6 Å². The van der Waals surface area contributed by atoms with Crippen LogP contribution in [0.5, 0.6) is 0 Å². The van der Waals surface area contributed by atoms with Crippen LogP contribution in [0.25, 0.3) is 10.9 Å². The standard InChI is InChI=1S/C15H15ClFN3O/c16-14-11(17)13-10(15(21)20-14)12(18-6-19-13)9-4-7-1-2-8(3-7)5-9/h6-9H,1-5H2,(H,20,21). The molecule has 2 saturated carbocycles. The predicted molar refractivity (Wildman–Crippen MR) is 77.9 cm³/mol. The molecule has 2 atom stereocenters. The maximum Gasteiger partial charge on any atom is 0.260 e. The van der Waals surface area contributed by atoms with Crippen LogP contribution in [0, 0.1) is 17.7 Å². The summed E-state index contributed by atoms with van der Waals surface area (Å²) in [5.41, 5.74) is 0.324. The molecule has 0 saturated heterocycles. The lowest BCUT2D eigenvalue weighted by Gasteiger charge is -2.27. The van der Waals surface area contributed by atoms with Gasteiger partial charge in [-0.2, -0.15) is 0 Å². The molecule has 2 fully saturated rings. The van der Waals surface area contributed by atoms with E-state index in [1.807, 2.05) is 0 Å². The molecule has 4 nitrogen and oxygen atoms in total. The Labute approximate surface area is 125 Å². The van der Waals surface area contributed by atoms with Crippen molar-refractivity contribution in [2.24, 2.45) is 11.8 Å². The van der Waals surface area contributed by atoms with Crippen LogP contribution in [0.1, 0.15) is 43.7 Å². The topological polar surface area (TPSA) is 58.6 Å². The Morgan fingerprint density at radius 2 is 1.90 bits per heavy atom. The lowest BCUT2D eigenvalue weighted by atomic mass is 9.78. The molecule has 2 unspecified atom stereocenters. The molecule has 1 N–H and O–H groups in total. The number of fused-ring (bicyclic) bond motifs is 3. The molecule has 0 spiro atoms. The normalized spacial score (nSPS) is 28.2. The van der Waals surface area contributed by atoms with Gasteiger partial charge in [0.25, 0.3) is 5.56 Å². The second-order valence-electron chi connectivity index (χ2n) is 6.28. The second-order valence-corrected chi connectivity index (χ2v) is 6.66. The van der Waals surface area contributed by atoms with Crippen molar-refractivity contribution in [2.75, 3.05) is 0 Å². The fraction of sp³-hybridized carbons (Fsp3) is 0.533. The van der Waals surface area contributed by atoms with Crippen molar-refractivity contribution < 1.29 is 4.39 Å². The SMILES string of the molecule is O=c1[nH]c(Cl)c(F)c2ncnc(C3CC4CCC(C4)C3)c12. The number of pyridine rings is 1. The van der Waals surface area contributed by atoms with E-state index in [9.17, 15) is 9.18 Å². The summed E-state index contributed by atoms with van der Waals surface area (Å²) in [5.74, 6) is 0.988. The monoisotopic (exact) mass is 307 g/mol. The second kappa shape index (κ2) is 4.77. The lowest BCUT2D eigenvalue weighted by molar-refractivity contribution is 0.317. The molecule has 2 aliphatic rings. The van der Waals surface area contributed by atoms with Gasteiger partial charge in [-0.3, -0.25) is 4.79 Å². The van der Waals surface area contributed by atoms with Crippen molar-refractivity contribution in [2.45, 2.75) is 38.0 Å². The highest BCUT2D eigenvalue weighted by atomic mass is 35.5. The smallest absolute Gasteiger partial charge is 0.260 e. The number of nitrogens with one attached hydrogen (secondary N) is 1. The Bertz CT molecular complexity index is 763. The number of nitrogens with zero attached hydrogens (tertiary/aromatic N) is 2. The first-order valence-electron chi connectivity index (χ1n) is 7.35. The molecule has 2 heterocycles. The first-order valence-corrected chi connectivity index (χ1v) is 7.73. The van der Waals surface area contributed by atoms with Crippen LogP contribution in [0.2, 0.25) is 5.15 Å². The minimum absolute atomic E-state index is 0.0340. The molecule has 21 heavy (non-hydrogen) atoms. The third kappa shape index (κ3) is 2.06. The zero-order valence-corrected chi connectivity index (χ0v) is 12.2. The highest BCUT2D eigenvalue weighted by Gasteiger charge is 2.36. The Kier molecular flexibility index (Phi) is 2.99. The van der Waals surface area contributed by atoms with Gasteiger partial charge in [-0.15, -0.1) is 0 Å². The lowest BCUT2D eigenvalue weighted by Crippen LogP contribution is -2.19. The van der Waals surface area contributed by atoms with Crippen molar-refractivity contribution in [1.29, 1.82) is 0 Å². The van der Waals surface area contributed by atoms with E-state index in [1.54, 1.807) is 0 Å². The summed E-state index contributed by atoms with van der Waals surface area (Å²) in [6.07, 6.45) is 7.23.